The lowest BCUT2D eigenvalue weighted by atomic mass is 10.2. The summed E-state index contributed by atoms with van der Waals surface area (Å²) in [5.41, 5.74) is 5.89. The molecule has 13 heavy (non-hydrogen) atoms. The van der Waals surface area contributed by atoms with Crippen LogP contribution in [0.3, 0.4) is 0 Å². The van der Waals surface area contributed by atoms with Gasteiger partial charge in [-0.15, -0.1) is 0 Å². The van der Waals surface area contributed by atoms with Crippen LogP contribution < -0.4 is 11.1 Å². The van der Waals surface area contributed by atoms with E-state index in [1.165, 1.54) is 6.07 Å². The highest BCUT2D eigenvalue weighted by molar-refractivity contribution is 5.47. The summed E-state index contributed by atoms with van der Waals surface area (Å²) in [5.74, 6) is -1.18. The smallest absolute Gasteiger partial charge is 0.149 e. The molecule has 0 saturated heterocycles. The van der Waals surface area contributed by atoms with Crippen LogP contribution in [0.25, 0.3) is 0 Å². The summed E-state index contributed by atoms with van der Waals surface area (Å²) in [6.07, 6.45) is 0. The highest BCUT2D eigenvalue weighted by Crippen LogP contribution is 2.18. The van der Waals surface area contributed by atoms with E-state index in [2.05, 4.69) is 5.32 Å². The Bertz CT molecular complexity index is 300. The summed E-state index contributed by atoms with van der Waals surface area (Å²) in [5, 5.41) is 2.78. The Morgan fingerprint density at radius 3 is 2.54 bits per heavy atom. The first-order chi connectivity index (χ1) is 6.19. The van der Waals surface area contributed by atoms with E-state index in [4.69, 9.17) is 5.73 Å². The first-order valence-electron chi connectivity index (χ1n) is 4.11. The van der Waals surface area contributed by atoms with E-state index in [9.17, 15) is 8.78 Å². The predicted octanol–water partition coefficient (Wildman–Crippen LogP) is 1.86. The highest BCUT2D eigenvalue weighted by Gasteiger charge is 2.07. The molecule has 0 aromatic heterocycles. The Kier molecular flexibility index (Phi) is 3.19. The molecule has 0 saturated carbocycles. The van der Waals surface area contributed by atoms with Crippen LogP contribution >= 0.6 is 0 Å². The predicted molar refractivity (Wildman–Crippen MR) is 48.4 cm³/mol. The molecule has 0 radical (unpaired) electrons. The molecule has 1 rings (SSSR count). The molecule has 0 aliphatic carbocycles. The summed E-state index contributed by atoms with van der Waals surface area (Å²) in [6.45, 7) is 2.50. The number of rotatable bonds is 3. The zero-order valence-corrected chi connectivity index (χ0v) is 7.40. The van der Waals surface area contributed by atoms with Gasteiger partial charge in [0.1, 0.15) is 11.6 Å². The van der Waals surface area contributed by atoms with Gasteiger partial charge in [0, 0.05) is 24.7 Å². The van der Waals surface area contributed by atoms with Crippen molar-refractivity contribution in [2.45, 2.75) is 13.5 Å². The van der Waals surface area contributed by atoms with E-state index < -0.39 is 11.6 Å². The van der Waals surface area contributed by atoms with Crippen LogP contribution in [0.5, 0.6) is 0 Å². The summed E-state index contributed by atoms with van der Waals surface area (Å²) < 4.78 is 25.9. The second-order valence-corrected chi connectivity index (χ2v) is 2.66. The van der Waals surface area contributed by atoms with E-state index in [1.54, 1.807) is 0 Å². The summed E-state index contributed by atoms with van der Waals surface area (Å²) in [7, 11) is 0. The Balaban J connectivity index is 3.06. The molecule has 0 atom stereocenters. The van der Waals surface area contributed by atoms with Crippen molar-refractivity contribution < 1.29 is 8.78 Å². The number of nitrogens with two attached hydrogens (primary N) is 1. The fraction of sp³-hybridized carbons (Fsp3) is 0.333. The minimum Gasteiger partial charge on any atom is -0.383 e. The topological polar surface area (TPSA) is 38.0 Å². The van der Waals surface area contributed by atoms with Crippen molar-refractivity contribution >= 4 is 5.69 Å². The number of hydrogen-bond acceptors (Lipinski definition) is 2. The lowest BCUT2D eigenvalue weighted by molar-refractivity contribution is 0.574. The maximum Gasteiger partial charge on any atom is 0.149 e. The number of anilines is 1. The Labute approximate surface area is 75.7 Å². The largest absolute Gasteiger partial charge is 0.383 e. The Morgan fingerprint density at radius 2 is 2.00 bits per heavy atom. The fourth-order valence-corrected chi connectivity index (χ4v) is 1.08. The van der Waals surface area contributed by atoms with Crippen molar-refractivity contribution in [3.05, 3.63) is 29.3 Å². The molecule has 1 aromatic carbocycles. The maximum absolute atomic E-state index is 13.0. The third-order valence-corrected chi connectivity index (χ3v) is 1.72. The standard InChI is InChI=1S/C9H12F2N2/c1-2-13-9-3-6(5-12)7(10)4-8(9)11/h3-4,13H,2,5,12H2,1H3. The quantitative estimate of drug-likeness (QED) is 0.756. The highest BCUT2D eigenvalue weighted by atomic mass is 19.1. The van der Waals surface area contributed by atoms with Crippen molar-refractivity contribution in [1.82, 2.24) is 0 Å². The number of benzene rings is 1. The fourth-order valence-electron chi connectivity index (χ4n) is 1.08. The number of hydrogen-bond donors (Lipinski definition) is 2. The van der Waals surface area contributed by atoms with Gasteiger partial charge in [-0.3, -0.25) is 0 Å². The van der Waals surface area contributed by atoms with Crippen molar-refractivity contribution in [2.24, 2.45) is 5.73 Å². The normalized spacial score (nSPS) is 10.2. The monoisotopic (exact) mass is 186 g/mol. The molecular weight excluding hydrogens is 174 g/mol. The molecule has 0 heterocycles. The summed E-state index contributed by atoms with van der Waals surface area (Å²) in [6, 6.07) is 2.24. The molecule has 3 N–H and O–H groups in total. The molecule has 1 aromatic rings. The van der Waals surface area contributed by atoms with E-state index in [0.29, 0.717) is 17.8 Å². The molecule has 0 bridgehead atoms. The first-order valence-corrected chi connectivity index (χ1v) is 4.11. The Hall–Kier alpha value is -1.16. The minimum absolute atomic E-state index is 0.0739. The molecule has 0 spiro atoms. The second kappa shape index (κ2) is 4.18. The van der Waals surface area contributed by atoms with Gasteiger partial charge in [0.25, 0.3) is 0 Å². The van der Waals surface area contributed by atoms with Crippen molar-refractivity contribution in [2.75, 3.05) is 11.9 Å². The van der Waals surface area contributed by atoms with Crippen LogP contribution in [0.2, 0.25) is 0 Å². The van der Waals surface area contributed by atoms with Gasteiger partial charge in [-0.25, -0.2) is 8.78 Å². The summed E-state index contributed by atoms with van der Waals surface area (Å²) >= 11 is 0. The molecular formula is C9H12F2N2. The van der Waals surface area contributed by atoms with Crippen molar-refractivity contribution in [3.8, 4) is 0 Å². The zero-order chi connectivity index (χ0) is 9.84. The van der Waals surface area contributed by atoms with Gasteiger partial charge >= 0.3 is 0 Å². The van der Waals surface area contributed by atoms with Crippen LogP contribution in [0.1, 0.15) is 12.5 Å². The van der Waals surface area contributed by atoms with Crippen LogP contribution in [0.4, 0.5) is 14.5 Å². The molecule has 0 fully saturated rings. The van der Waals surface area contributed by atoms with E-state index in [0.717, 1.165) is 6.07 Å². The first kappa shape index (κ1) is 9.92. The van der Waals surface area contributed by atoms with Gasteiger partial charge < -0.3 is 11.1 Å². The number of nitrogens with one attached hydrogen (secondary N) is 1. The van der Waals surface area contributed by atoms with E-state index >= 15 is 0 Å². The van der Waals surface area contributed by atoms with E-state index in [-0.39, 0.29) is 6.54 Å². The van der Waals surface area contributed by atoms with Gasteiger partial charge in [0.15, 0.2) is 0 Å². The van der Waals surface area contributed by atoms with Gasteiger partial charge in [-0.05, 0) is 13.0 Å². The molecule has 4 heteroatoms. The SMILES string of the molecule is CCNc1cc(CN)c(F)cc1F. The molecule has 2 nitrogen and oxygen atoms in total. The zero-order valence-electron chi connectivity index (χ0n) is 7.40. The third kappa shape index (κ3) is 2.15. The van der Waals surface area contributed by atoms with Gasteiger partial charge in [-0.2, -0.15) is 0 Å². The molecule has 0 unspecified atom stereocenters. The van der Waals surface area contributed by atoms with E-state index in [1.807, 2.05) is 6.92 Å². The lowest BCUT2D eigenvalue weighted by Crippen LogP contribution is -2.05. The Morgan fingerprint density at radius 1 is 1.31 bits per heavy atom. The van der Waals surface area contributed by atoms with Gasteiger partial charge in [0.05, 0.1) is 5.69 Å². The summed E-state index contributed by atoms with van der Waals surface area (Å²) in [4.78, 5) is 0. The van der Waals surface area contributed by atoms with Gasteiger partial charge in [0.2, 0.25) is 0 Å². The van der Waals surface area contributed by atoms with Crippen LogP contribution in [-0.2, 0) is 6.54 Å². The van der Waals surface area contributed by atoms with Crippen LogP contribution in [0, 0.1) is 11.6 Å². The second-order valence-electron chi connectivity index (χ2n) is 2.66. The molecule has 0 amide bonds. The molecule has 72 valence electrons. The average molecular weight is 186 g/mol. The lowest BCUT2D eigenvalue weighted by Gasteiger charge is -2.07. The van der Waals surface area contributed by atoms with Crippen LogP contribution in [-0.4, -0.2) is 6.54 Å². The van der Waals surface area contributed by atoms with Crippen molar-refractivity contribution in [1.29, 1.82) is 0 Å². The molecule has 0 aliphatic rings. The third-order valence-electron chi connectivity index (χ3n) is 1.72. The molecule has 0 aliphatic heterocycles. The van der Waals surface area contributed by atoms with Gasteiger partial charge in [-0.1, -0.05) is 0 Å². The number of halogens is 2. The van der Waals surface area contributed by atoms with Crippen molar-refractivity contribution in [3.63, 3.8) is 0 Å². The average Bonchev–Trinajstić information content (AvgIpc) is 2.10. The van der Waals surface area contributed by atoms with Crippen LogP contribution in [0.15, 0.2) is 12.1 Å². The minimum atomic E-state index is -0.596. The maximum atomic E-state index is 13.0.